The van der Waals surface area contributed by atoms with Crippen molar-refractivity contribution in [3.63, 3.8) is 0 Å². The lowest BCUT2D eigenvalue weighted by molar-refractivity contribution is 0.537. The summed E-state index contributed by atoms with van der Waals surface area (Å²) in [5, 5.41) is 13.4. The van der Waals surface area contributed by atoms with E-state index in [0.717, 1.165) is 41.7 Å². The molecule has 5 heteroatoms. The highest BCUT2D eigenvalue weighted by atomic mass is 15.3. The number of hydrogen-bond donors (Lipinski definition) is 1. The molecule has 0 radical (unpaired) electrons. The molecule has 1 N–H and O–H groups in total. The molecule has 0 fully saturated rings. The summed E-state index contributed by atoms with van der Waals surface area (Å²) in [4.78, 5) is 4.93. The quantitative estimate of drug-likeness (QED) is 0.784. The lowest BCUT2D eigenvalue weighted by Gasteiger charge is -2.15. The number of nitrogens with one attached hydrogen (secondary N) is 1. The van der Waals surface area contributed by atoms with Crippen LogP contribution in [0.5, 0.6) is 0 Å². The molecule has 0 amide bonds. The third kappa shape index (κ3) is 1.80. The fraction of sp³-hybridized carbons (Fsp3) is 0.438. The summed E-state index contributed by atoms with van der Waals surface area (Å²) in [6.45, 7) is 6.38. The number of aromatic nitrogens is 5. The summed E-state index contributed by atoms with van der Waals surface area (Å²) in [6, 6.07) is 2.41. The van der Waals surface area contributed by atoms with Gasteiger partial charge in [0.2, 0.25) is 0 Å². The Bertz CT molecular complexity index is 825. The Hall–Kier alpha value is -2.17. The Labute approximate surface area is 123 Å². The van der Waals surface area contributed by atoms with Crippen LogP contribution in [0, 0.1) is 6.92 Å². The summed E-state index contributed by atoms with van der Waals surface area (Å²) in [6.07, 6.45) is 5.17. The smallest absolute Gasteiger partial charge is 0.0964 e. The molecule has 3 aromatic heterocycles. The Balaban J connectivity index is 1.98. The van der Waals surface area contributed by atoms with Gasteiger partial charge >= 0.3 is 0 Å². The molecule has 0 atom stereocenters. The van der Waals surface area contributed by atoms with Gasteiger partial charge in [-0.2, -0.15) is 10.2 Å². The van der Waals surface area contributed by atoms with Crippen LogP contribution in [0.4, 0.5) is 0 Å². The number of H-pyrrole nitrogens is 1. The van der Waals surface area contributed by atoms with E-state index in [4.69, 9.17) is 4.98 Å². The summed E-state index contributed by atoms with van der Waals surface area (Å²) in [5.41, 5.74) is 6.70. The maximum atomic E-state index is 4.93. The van der Waals surface area contributed by atoms with Crippen molar-refractivity contribution in [2.24, 2.45) is 0 Å². The van der Waals surface area contributed by atoms with Crippen LogP contribution in [0.25, 0.3) is 22.3 Å². The number of pyridine rings is 1. The van der Waals surface area contributed by atoms with Crippen molar-refractivity contribution in [1.82, 2.24) is 25.0 Å². The zero-order valence-corrected chi connectivity index (χ0v) is 12.6. The summed E-state index contributed by atoms with van der Waals surface area (Å²) >= 11 is 0. The molecule has 5 nitrogen and oxygen atoms in total. The molecule has 1 aliphatic carbocycles. The van der Waals surface area contributed by atoms with Gasteiger partial charge < -0.3 is 0 Å². The molecule has 108 valence electrons. The highest BCUT2D eigenvalue weighted by Crippen LogP contribution is 2.32. The van der Waals surface area contributed by atoms with Crippen LogP contribution in [-0.2, 0) is 12.8 Å². The molecule has 0 aromatic carbocycles. The molecule has 0 spiro atoms. The van der Waals surface area contributed by atoms with Crippen LogP contribution in [0.3, 0.4) is 0 Å². The zero-order valence-electron chi connectivity index (χ0n) is 12.6. The SMILES string of the molecule is Cc1cnn(C(C)C)c1-c1cc2n[nH]c3c2c(n1)CCC3. The van der Waals surface area contributed by atoms with Gasteiger partial charge in [-0.25, -0.2) is 0 Å². The molecule has 0 bridgehead atoms. The van der Waals surface area contributed by atoms with Gasteiger partial charge in [-0.15, -0.1) is 0 Å². The molecule has 0 unspecified atom stereocenters. The van der Waals surface area contributed by atoms with Crippen LogP contribution in [0.2, 0.25) is 0 Å². The normalized spacial score (nSPS) is 14.3. The number of aromatic amines is 1. The lowest BCUT2D eigenvalue weighted by Crippen LogP contribution is -2.08. The van der Waals surface area contributed by atoms with Crippen molar-refractivity contribution in [2.75, 3.05) is 0 Å². The molecule has 0 saturated carbocycles. The lowest BCUT2D eigenvalue weighted by atomic mass is 9.98. The third-order valence-electron chi connectivity index (χ3n) is 4.24. The minimum atomic E-state index is 0.317. The average Bonchev–Trinajstić information content (AvgIpc) is 3.04. The molecular weight excluding hydrogens is 262 g/mol. The van der Waals surface area contributed by atoms with Crippen LogP contribution in [0.1, 0.15) is 43.3 Å². The molecule has 0 aliphatic heterocycles. The van der Waals surface area contributed by atoms with E-state index in [0.29, 0.717) is 6.04 Å². The van der Waals surface area contributed by atoms with Crippen LogP contribution in [0.15, 0.2) is 12.3 Å². The molecule has 3 heterocycles. The number of nitrogens with zero attached hydrogens (tertiary/aromatic N) is 4. The second kappa shape index (κ2) is 4.41. The van der Waals surface area contributed by atoms with E-state index >= 15 is 0 Å². The highest BCUT2D eigenvalue weighted by Gasteiger charge is 2.21. The van der Waals surface area contributed by atoms with E-state index < -0.39 is 0 Å². The first-order valence-corrected chi connectivity index (χ1v) is 7.56. The number of rotatable bonds is 2. The van der Waals surface area contributed by atoms with Crippen LogP contribution >= 0.6 is 0 Å². The monoisotopic (exact) mass is 281 g/mol. The minimum absolute atomic E-state index is 0.317. The molecule has 0 saturated heterocycles. The van der Waals surface area contributed by atoms with Crippen molar-refractivity contribution in [1.29, 1.82) is 0 Å². The van der Waals surface area contributed by atoms with E-state index in [1.54, 1.807) is 0 Å². The highest BCUT2D eigenvalue weighted by molar-refractivity contribution is 5.87. The second-order valence-electron chi connectivity index (χ2n) is 6.12. The Morgan fingerprint density at radius 1 is 1.29 bits per heavy atom. The van der Waals surface area contributed by atoms with Crippen LogP contribution < -0.4 is 0 Å². The molecule has 21 heavy (non-hydrogen) atoms. The van der Waals surface area contributed by atoms with Gasteiger partial charge in [0.25, 0.3) is 0 Å². The number of aryl methyl sites for hydroxylation is 3. The van der Waals surface area contributed by atoms with Gasteiger partial charge in [-0.1, -0.05) is 0 Å². The van der Waals surface area contributed by atoms with E-state index in [-0.39, 0.29) is 0 Å². The first kappa shape index (κ1) is 12.6. The van der Waals surface area contributed by atoms with Crippen molar-refractivity contribution < 1.29 is 0 Å². The Morgan fingerprint density at radius 2 is 2.14 bits per heavy atom. The van der Waals surface area contributed by atoms with Gasteiger partial charge in [0.1, 0.15) is 0 Å². The number of hydrogen-bond acceptors (Lipinski definition) is 3. The predicted molar refractivity (Wildman–Crippen MR) is 82.3 cm³/mol. The summed E-state index contributed by atoms with van der Waals surface area (Å²) < 4.78 is 2.05. The van der Waals surface area contributed by atoms with E-state index in [2.05, 4.69) is 42.1 Å². The zero-order chi connectivity index (χ0) is 14.6. The van der Waals surface area contributed by atoms with Gasteiger partial charge in [-0.3, -0.25) is 14.8 Å². The fourth-order valence-corrected chi connectivity index (χ4v) is 3.26. The van der Waals surface area contributed by atoms with Crippen LogP contribution in [-0.4, -0.2) is 25.0 Å². The molecule has 3 aromatic rings. The minimum Gasteiger partial charge on any atom is -0.281 e. The fourth-order valence-electron chi connectivity index (χ4n) is 3.26. The maximum Gasteiger partial charge on any atom is 0.0964 e. The summed E-state index contributed by atoms with van der Waals surface area (Å²) in [7, 11) is 0. The van der Waals surface area contributed by atoms with Crippen molar-refractivity contribution >= 4 is 10.9 Å². The second-order valence-corrected chi connectivity index (χ2v) is 6.12. The van der Waals surface area contributed by atoms with Crippen molar-refractivity contribution in [3.8, 4) is 11.4 Å². The summed E-state index contributed by atoms with van der Waals surface area (Å²) in [5.74, 6) is 0. The Kier molecular flexibility index (Phi) is 2.64. The largest absolute Gasteiger partial charge is 0.281 e. The van der Waals surface area contributed by atoms with Gasteiger partial charge in [0, 0.05) is 17.1 Å². The topological polar surface area (TPSA) is 59.4 Å². The molecule has 4 rings (SSSR count). The van der Waals surface area contributed by atoms with Gasteiger partial charge in [-0.05, 0) is 51.7 Å². The molecule has 1 aliphatic rings. The van der Waals surface area contributed by atoms with E-state index in [9.17, 15) is 0 Å². The first-order chi connectivity index (χ1) is 10.1. The van der Waals surface area contributed by atoms with E-state index in [1.165, 1.54) is 16.8 Å². The third-order valence-corrected chi connectivity index (χ3v) is 4.24. The predicted octanol–water partition coefficient (Wildman–Crippen LogP) is 3.20. The maximum absolute atomic E-state index is 4.93. The average molecular weight is 281 g/mol. The van der Waals surface area contributed by atoms with Crippen molar-refractivity contribution in [2.45, 2.75) is 46.1 Å². The van der Waals surface area contributed by atoms with Crippen molar-refractivity contribution in [3.05, 3.63) is 29.2 Å². The standard InChI is InChI=1S/C16H19N5/c1-9(2)21-16(10(3)8-17-21)14-7-13-15-11(18-14)5-4-6-12(15)19-20-13/h7-9H,4-6H2,1-3H3,(H,19,20). The van der Waals surface area contributed by atoms with Gasteiger partial charge in [0.05, 0.1) is 28.8 Å². The van der Waals surface area contributed by atoms with Gasteiger partial charge in [0.15, 0.2) is 0 Å². The van der Waals surface area contributed by atoms with E-state index in [1.807, 2.05) is 10.9 Å². The first-order valence-electron chi connectivity index (χ1n) is 7.56. The molecular formula is C16H19N5. The Morgan fingerprint density at radius 3 is 2.95 bits per heavy atom.